The molecule has 0 spiro atoms. The first-order valence-corrected chi connectivity index (χ1v) is 10.6. The van der Waals surface area contributed by atoms with Gasteiger partial charge in [-0.1, -0.05) is 13.0 Å². The fourth-order valence-electron chi connectivity index (χ4n) is 2.48. The molecule has 148 valence electrons. The highest BCUT2D eigenvalue weighted by Gasteiger charge is 2.25. The first kappa shape index (κ1) is 22.1. The molecule has 0 aliphatic carbocycles. The minimum Gasteiger partial charge on any atom is -0.508 e. The number of phenols is 1. The van der Waals surface area contributed by atoms with E-state index < -0.39 is 24.1 Å². The molecule has 2 aromatic carbocycles. The van der Waals surface area contributed by atoms with E-state index in [1.807, 2.05) is 18.4 Å². The zero-order chi connectivity index (χ0) is 20.7. The van der Waals surface area contributed by atoms with Gasteiger partial charge in [-0.15, -0.1) is 11.8 Å². The van der Waals surface area contributed by atoms with Gasteiger partial charge in [-0.05, 0) is 71.3 Å². The number of amides is 1. The Labute approximate surface area is 181 Å². The highest BCUT2D eigenvalue weighted by molar-refractivity contribution is 14.1. The SMILES string of the molecule is CSc1ccc(NC(=O)O[C@@H](c2cc(I)ccc2O)[C@H](C)/C=C/C(=O)O)cc1. The highest BCUT2D eigenvalue weighted by atomic mass is 127. The monoisotopic (exact) mass is 513 g/mol. The first-order valence-electron chi connectivity index (χ1n) is 8.31. The van der Waals surface area contributed by atoms with Gasteiger partial charge >= 0.3 is 12.1 Å². The van der Waals surface area contributed by atoms with Gasteiger partial charge in [0.1, 0.15) is 11.9 Å². The summed E-state index contributed by atoms with van der Waals surface area (Å²) in [6.07, 6.45) is 2.81. The van der Waals surface area contributed by atoms with Crippen LogP contribution in [0, 0.1) is 9.49 Å². The smallest absolute Gasteiger partial charge is 0.412 e. The molecular weight excluding hydrogens is 493 g/mol. The van der Waals surface area contributed by atoms with Crippen molar-refractivity contribution in [3.63, 3.8) is 0 Å². The number of carbonyl (C=O) groups excluding carboxylic acids is 1. The van der Waals surface area contributed by atoms with E-state index in [2.05, 4.69) is 27.9 Å². The Hall–Kier alpha value is -2.20. The number of benzene rings is 2. The summed E-state index contributed by atoms with van der Waals surface area (Å²) in [6.45, 7) is 1.71. The summed E-state index contributed by atoms with van der Waals surface area (Å²) in [5.74, 6) is -1.61. The molecule has 6 nitrogen and oxygen atoms in total. The minimum atomic E-state index is -1.10. The summed E-state index contributed by atoms with van der Waals surface area (Å²) in [7, 11) is 0. The molecular formula is C20H20INO5S. The van der Waals surface area contributed by atoms with E-state index in [0.717, 1.165) is 14.5 Å². The molecule has 0 saturated heterocycles. The van der Waals surface area contributed by atoms with Crippen molar-refractivity contribution in [2.75, 3.05) is 11.6 Å². The quantitative estimate of drug-likeness (QED) is 0.265. The van der Waals surface area contributed by atoms with Gasteiger partial charge in [-0.25, -0.2) is 9.59 Å². The van der Waals surface area contributed by atoms with E-state index in [1.54, 1.807) is 43.0 Å². The van der Waals surface area contributed by atoms with Gasteiger partial charge in [-0.2, -0.15) is 0 Å². The first-order chi connectivity index (χ1) is 13.3. The Bertz CT molecular complexity index is 869. The number of phenolic OH excluding ortho intramolecular Hbond substituents is 1. The van der Waals surface area contributed by atoms with Gasteiger partial charge in [-0.3, -0.25) is 5.32 Å². The lowest BCUT2D eigenvalue weighted by molar-refractivity contribution is -0.131. The average molecular weight is 513 g/mol. The number of thioether (sulfide) groups is 1. The number of nitrogens with one attached hydrogen (secondary N) is 1. The Morgan fingerprint density at radius 2 is 1.89 bits per heavy atom. The molecule has 0 saturated carbocycles. The van der Waals surface area contributed by atoms with Crippen LogP contribution in [0.2, 0.25) is 0 Å². The maximum atomic E-state index is 12.4. The number of carbonyl (C=O) groups is 2. The molecule has 0 heterocycles. The molecule has 2 rings (SSSR count). The lowest BCUT2D eigenvalue weighted by Gasteiger charge is -2.23. The van der Waals surface area contributed by atoms with Crippen molar-refractivity contribution >= 4 is 52.1 Å². The molecule has 0 aromatic heterocycles. The number of rotatable bonds is 7. The molecule has 0 fully saturated rings. The van der Waals surface area contributed by atoms with Gasteiger partial charge in [0, 0.05) is 31.7 Å². The fourth-order valence-corrected chi connectivity index (χ4v) is 3.40. The molecule has 2 aromatic rings. The minimum absolute atomic E-state index is 0.0295. The zero-order valence-electron chi connectivity index (χ0n) is 15.3. The summed E-state index contributed by atoms with van der Waals surface area (Å²) >= 11 is 3.68. The van der Waals surface area contributed by atoms with E-state index in [1.165, 1.54) is 12.1 Å². The molecule has 1 amide bonds. The number of carboxylic acids is 1. The van der Waals surface area contributed by atoms with Gasteiger partial charge in [0.05, 0.1) is 0 Å². The Morgan fingerprint density at radius 3 is 2.50 bits per heavy atom. The topological polar surface area (TPSA) is 95.9 Å². The Balaban J connectivity index is 2.23. The normalized spacial score (nSPS) is 13.1. The number of aliphatic carboxylic acids is 1. The largest absolute Gasteiger partial charge is 0.508 e. The second kappa shape index (κ2) is 10.4. The van der Waals surface area contributed by atoms with Crippen LogP contribution in [-0.4, -0.2) is 28.5 Å². The predicted molar refractivity (Wildman–Crippen MR) is 118 cm³/mol. The van der Waals surface area contributed by atoms with Gasteiger partial charge in [0.25, 0.3) is 0 Å². The van der Waals surface area contributed by atoms with Crippen LogP contribution in [-0.2, 0) is 9.53 Å². The van der Waals surface area contributed by atoms with Crippen LogP contribution in [0.4, 0.5) is 10.5 Å². The van der Waals surface area contributed by atoms with Crippen LogP contribution in [0.5, 0.6) is 5.75 Å². The van der Waals surface area contributed by atoms with Gasteiger partial charge < -0.3 is 14.9 Å². The maximum absolute atomic E-state index is 12.4. The molecule has 0 unspecified atom stereocenters. The third-order valence-corrected chi connectivity index (χ3v) is 5.30. The Kier molecular flexibility index (Phi) is 8.18. The molecule has 28 heavy (non-hydrogen) atoms. The van der Waals surface area contributed by atoms with E-state index in [0.29, 0.717) is 11.3 Å². The molecule has 8 heteroatoms. The zero-order valence-corrected chi connectivity index (χ0v) is 18.2. The standard InChI is InChI=1S/C20H20INO5S/c1-12(3-10-18(24)25)19(16-11-13(21)4-9-17(16)23)27-20(26)22-14-5-7-15(28-2)8-6-14/h3-12,19,23H,1-2H3,(H,22,26)(H,24,25)/b10-3+/t12-,19-/m1/s1. The summed E-state index contributed by atoms with van der Waals surface area (Å²) < 4.78 is 6.41. The summed E-state index contributed by atoms with van der Waals surface area (Å²) in [5.41, 5.74) is 0.976. The number of halogens is 1. The molecule has 2 atom stereocenters. The van der Waals surface area contributed by atoms with Crippen molar-refractivity contribution in [1.29, 1.82) is 0 Å². The molecule has 0 radical (unpaired) electrons. The number of hydrogen-bond acceptors (Lipinski definition) is 5. The van der Waals surface area contributed by atoms with Crippen LogP contribution in [0.15, 0.2) is 59.5 Å². The number of ether oxygens (including phenoxy) is 1. The van der Waals surface area contributed by atoms with E-state index in [9.17, 15) is 14.7 Å². The Morgan fingerprint density at radius 1 is 1.21 bits per heavy atom. The maximum Gasteiger partial charge on any atom is 0.412 e. The van der Waals surface area contributed by atoms with Crippen molar-refractivity contribution in [3.8, 4) is 5.75 Å². The second-order valence-corrected chi connectivity index (χ2v) is 8.06. The lowest BCUT2D eigenvalue weighted by atomic mass is 9.96. The van der Waals surface area contributed by atoms with Crippen LogP contribution in [0.1, 0.15) is 18.6 Å². The third kappa shape index (κ3) is 6.45. The molecule has 0 aliphatic heterocycles. The number of aromatic hydroxyl groups is 1. The molecule has 0 aliphatic rings. The molecule has 0 bridgehead atoms. The van der Waals surface area contributed by atoms with Crippen LogP contribution < -0.4 is 5.32 Å². The number of carboxylic acid groups (broad SMARTS) is 1. The third-order valence-electron chi connectivity index (χ3n) is 3.89. The van der Waals surface area contributed by atoms with E-state index in [4.69, 9.17) is 9.84 Å². The van der Waals surface area contributed by atoms with Gasteiger partial charge in [0.2, 0.25) is 0 Å². The van der Waals surface area contributed by atoms with Crippen molar-refractivity contribution in [2.24, 2.45) is 5.92 Å². The summed E-state index contributed by atoms with van der Waals surface area (Å²) in [4.78, 5) is 24.3. The van der Waals surface area contributed by atoms with Gasteiger partial charge in [0.15, 0.2) is 0 Å². The predicted octanol–water partition coefficient (Wildman–Crippen LogP) is 5.29. The lowest BCUT2D eigenvalue weighted by Crippen LogP contribution is -2.21. The van der Waals surface area contributed by atoms with Crippen molar-refractivity contribution in [3.05, 3.63) is 63.8 Å². The fraction of sp³-hybridized carbons (Fsp3) is 0.200. The van der Waals surface area contributed by atoms with Crippen molar-refractivity contribution in [1.82, 2.24) is 0 Å². The summed E-state index contributed by atoms with van der Waals surface area (Å²) in [5, 5.41) is 21.8. The molecule has 3 N–H and O–H groups in total. The van der Waals surface area contributed by atoms with Crippen molar-refractivity contribution < 1.29 is 24.5 Å². The van der Waals surface area contributed by atoms with E-state index in [-0.39, 0.29) is 5.75 Å². The summed E-state index contributed by atoms with van der Waals surface area (Å²) in [6, 6.07) is 12.2. The number of anilines is 1. The van der Waals surface area contributed by atoms with E-state index >= 15 is 0 Å². The van der Waals surface area contributed by atoms with Crippen LogP contribution >= 0.6 is 34.4 Å². The van der Waals surface area contributed by atoms with Crippen molar-refractivity contribution in [2.45, 2.75) is 17.9 Å². The average Bonchev–Trinajstić information content (AvgIpc) is 2.67. The van der Waals surface area contributed by atoms with Crippen LogP contribution in [0.25, 0.3) is 0 Å². The second-order valence-electron chi connectivity index (χ2n) is 5.94. The van der Waals surface area contributed by atoms with Crippen LogP contribution in [0.3, 0.4) is 0 Å². The number of hydrogen-bond donors (Lipinski definition) is 3. The highest BCUT2D eigenvalue weighted by Crippen LogP contribution is 2.34.